The molecule has 0 bridgehead atoms. The first-order chi connectivity index (χ1) is 6.97. The minimum atomic E-state index is -2.88. The van der Waals surface area contributed by atoms with Crippen LogP contribution in [0.15, 0.2) is 6.07 Å². The standard InChI is InChI=1S/C9H8BrF2NO2/c1-4-2-5(3-10)13-7(8(11)12)6(4)9(14)15/h2,8H,3H2,1H3,(H,14,15). The second-order valence-corrected chi connectivity index (χ2v) is 3.49. The van der Waals surface area contributed by atoms with Gasteiger partial charge in [-0.3, -0.25) is 4.98 Å². The summed E-state index contributed by atoms with van der Waals surface area (Å²) in [7, 11) is 0. The van der Waals surface area contributed by atoms with Gasteiger partial charge < -0.3 is 5.11 Å². The van der Waals surface area contributed by atoms with E-state index >= 15 is 0 Å². The molecule has 0 radical (unpaired) electrons. The van der Waals surface area contributed by atoms with E-state index in [0.29, 0.717) is 16.6 Å². The van der Waals surface area contributed by atoms with E-state index in [1.807, 2.05) is 0 Å². The molecule has 0 amide bonds. The van der Waals surface area contributed by atoms with Crippen molar-refractivity contribution >= 4 is 21.9 Å². The maximum Gasteiger partial charge on any atom is 0.338 e. The number of nitrogens with zero attached hydrogens (tertiary/aromatic N) is 1. The zero-order valence-electron chi connectivity index (χ0n) is 7.80. The maximum absolute atomic E-state index is 12.5. The number of hydrogen-bond donors (Lipinski definition) is 1. The van der Waals surface area contributed by atoms with Gasteiger partial charge in [-0.1, -0.05) is 15.9 Å². The first kappa shape index (κ1) is 12.0. The van der Waals surface area contributed by atoms with E-state index in [1.54, 1.807) is 0 Å². The van der Waals surface area contributed by atoms with Gasteiger partial charge >= 0.3 is 5.97 Å². The lowest BCUT2D eigenvalue weighted by molar-refractivity contribution is 0.0681. The highest BCUT2D eigenvalue weighted by atomic mass is 79.9. The molecule has 0 aliphatic rings. The van der Waals surface area contributed by atoms with Gasteiger partial charge in [-0.05, 0) is 18.6 Å². The van der Waals surface area contributed by atoms with E-state index in [4.69, 9.17) is 5.11 Å². The van der Waals surface area contributed by atoms with Gasteiger partial charge in [0.15, 0.2) is 0 Å². The molecule has 0 saturated carbocycles. The Kier molecular flexibility index (Phi) is 3.73. The summed E-state index contributed by atoms with van der Waals surface area (Å²) in [6.07, 6.45) is -2.88. The van der Waals surface area contributed by atoms with Crippen LogP contribution in [0.2, 0.25) is 0 Å². The quantitative estimate of drug-likeness (QED) is 0.866. The van der Waals surface area contributed by atoms with Crippen molar-refractivity contribution in [1.82, 2.24) is 4.98 Å². The molecule has 0 aliphatic carbocycles. The summed E-state index contributed by atoms with van der Waals surface area (Å²) in [5.74, 6) is -1.38. The maximum atomic E-state index is 12.5. The molecule has 1 aromatic heterocycles. The number of carboxylic acids is 1. The molecule has 0 spiro atoms. The third-order valence-electron chi connectivity index (χ3n) is 1.86. The summed E-state index contributed by atoms with van der Waals surface area (Å²) in [6, 6.07) is 1.48. The summed E-state index contributed by atoms with van der Waals surface area (Å²) >= 11 is 3.08. The molecule has 0 unspecified atom stereocenters. The largest absolute Gasteiger partial charge is 0.478 e. The van der Waals surface area contributed by atoms with Crippen molar-refractivity contribution in [3.63, 3.8) is 0 Å². The Morgan fingerprint density at radius 3 is 2.67 bits per heavy atom. The topological polar surface area (TPSA) is 50.2 Å². The lowest BCUT2D eigenvalue weighted by Crippen LogP contribution is -2.09. The molecule has 0 atom stereocenters. The van der Waals surface area contributed by atoms with Crippen LogP contribution < -0.4 is 0 Å². The average Bonchev–Trinajstić information content (AvgIpc) is 2.15. The van der Waals surface area contributed by atoms with Gasteiger partial charge in [-0.2, -0.15) is 0 Å². The molecule has 0 fully saturated rings. The lowest BCUT2D eigenvalue weighted by Gasteiger charge is -2.09. The fourth-order valence-corrected chi connectivity index (χ4v) is 1.56. The van der Waals surface area contributed by atoms with Crippen LogP contribution in [0.1, 0.15) is 33.7 Å². The SMILES string of the molecule is Cc1cc(CBr)nc(C(F)F)c1C(=O)O. The summed E-state index contributed by atoms with van der Waals surface area (Å²) in [6.45, 7) is 1.48. The number of carboxylic acid groups (broad SMARTS) is 1. The molecule has 15 heavy (non-hydrogen) atoms. The predicted molar refractivity (Wildman–Crippen MR) is 53.5 cm³/mol. The van der Waals surface area contributed by atoms with E-state index in [0.717, 1.165) is 0 Å². The molecule has 0 saturated heterocycles. The number of alkyl halides is 3. The fraction of sp³-hybridized carbons (Fsp3) is 0.333. The molecule has 0 aromatic carbocycles. The van der Waals surface area contributed by atoms with Crippen molar-refractivity contribution in [2.75, 3.05) is 0 Å². The lowest BCUT2D eigenvalue weighted by atomic mass is 10.1. The normalized spacial score (nSPS) is 10.7. The highest BCUT2D eigenvalue weighted by Gasteiger charge is 2.22. The molecule has 3 nitrogen and oxygen atoms in total. The Morgan fingerprint density at radius 2 is 2.27 bits per heavy atom. The first-order valence-corrected chi connectivity index (χ1v) is 5.17. The van der Waals surface area contributed by atoms with Crippen molar-refractivity contribution in [2.45, 2.75) is 18.7 Å². The van der Waals surface area contributed by atoms with Gasteiger partial charge in [0.2, 0.25) is 0 Å². The Balaban J connectivity index is 3.42. The van der Waals surface area contributed by atoms with E-state index < -0.39 is 23.7 Å². The van der Waals surface area contributed by atoms with Crippen LogP contribution in [0.3, 0.4) is 0 Å². The molecule has 1 heterocycles. The summed E-state index contributed by atoms with van der Waals surface area (Å²) < 4.78 is 25.1. The Hall–Kier alpha value is -1.04. The van der Waals surface area contributed by atoms with Gasteiger partial charge in [-0.25, -0.2) is 13.6 Å². The Morgan fingerprint density at radius 1 is 1.67 bits per heavy atom. The first-order valence-electron chi connectivity index (χ1n) is 4.05. The second kappa shape index (κ2) is 4.65. The highest BCUT2D eigenvalue weighted by molar-refractivity contribution is 9.08. The molecule has 1 rings (SSSR count). The molecule has 82 valence electrons. The molecule has 1 aromatic rings. The van der Waals surface area contributed by atoms with Crippen LogP contribution >= 0.6 is 15.9 Å². The molecular formula is C9H8BrF2NO2. The number of rotatable bonds is 3. The monoisotopic (exact) mass is 279 g/mol. The smallest absolute Gasteiger partial charge is 0.338 e. The van der Waals surface area contributed by atoms with Gasteiger partial charge in [0, 0.05) is 5.33 Å². The van der Waals surface area contributed by atoms with Crippen molar-refractivity contribution in [1.29, 1.82) is 0 Å². The molecule has 1 N–H and O–H groups in total. The second-order valence-electron chi connectivity index (χ2n) is 2.93. The van der Waals surface area contributed by atoms with E-state index in [1.165, 1.54) is 13.0 Å². The molecular weight excluding hydrogens is 272 g/mol. The van der Waals surface area contributed by atoms with Crippen LogP contribution in [0.5, 0.6) is 0 Å². The number of carbonyl (C=O) groups is 1. The summed E-state index contributed by atoms with van der Waals surface area (Å²) in [4.78, 5) is 14.4. The van der Waals surface area contributed by atoms with E-state index in [9.17, 15) is 13.6 Å². The number of aryl methyl sites for hydroxylation is 1. The van der Waals surface area contributed by atoms with E-state index in [-0.39, 0.29) is 0 Å². The van der Waals surface area contributed by atoms with Crippen LogP contribution in [0, 0.1) is 6.92 Å². The minimum absolute atomic E-state index is 0.294. The van der Waals surface area contributed by atoms with Crippen LogP contribution in [0.25, 0.3) is 0 Å². The van der Waals surface area contributed by atoms with Crippen molar-refractivity contribution in [3.05, 3.63) is 28.6 Å². The molecule has 6 heteroatoms. The zero-order chi connectivity index (χ0) is 11.6. The van der Waals surface area contributed by atoms with Crippen molar-refractivity contribution < 1.29 is 18.7 Å². The van der Waals surface area contributed by atoms with Crippen LogP contribution in [0.4, 0.5) is 8.78 Å². The summed E-state index contributed by atoms with van der Waals surface area (Å²) in [5.41, 5.74) is -0.387. The zero-order valence-corrected chi connectivity index (χ0v) is 9.38. The van der Waals surface area contributed by atoms with Crippen LogP contribution in [-0.2, 0) is 5.33 Å². The van der Waals surface area contributed by atoms with Crippen LogP contribution in [-0.4, -0.2) is 16.1 Å². The van der Waals surface area contributed by atoms with Gasteiger partial charge in [0.25, 0.3) is 6.43 Å². The number of hydrogen-bond acceptors (Lipinski definition) is 2. The number of halogens is 3. The third kappa shape index (κ3) is 2.50. The molecule has 0 aliphatic heterocycles. The number of aromatic carboxylic acids is 1. The Labute approximate surface area is 93.3 Å². The summed E-state index contributed by atoms with van der Waals surface area (Å²) in [5, 5.41) is 9.09. The minimum Gasteiger partial charge on any atom is -0.478 e. The Bertz CT molecular complexity index is 396. The number of pyridine rings is 1. The van der Waals surface area contributed by atoms with Gasteiger partial charge in [0.1, 0.15) is 5.69 Å². The van der Waals surface area contributed by atoms with Crippen molar-refractivity contribution in [3.8, 4) is 0 Å². The van der Waals surface area contributed by atoms with E-state index in [2.05, 4.69) is 20.9 Å². The average molecular weight is 280 g/mol. The third-order valence-corrected chi connectivity index (χ3v) is 2.43. The predicted octanol–water partition coefficient (Wildman–Crippen LogP) is 2.92. The highest BCUT2D eigenvalue weighted by Crippen LogP contribution is 2.24. The van der Waals surface area contributed by atoms with Gasteiger partial charge in [-0.15, -0.1) is 0 Å². The fourth-order valence-electron chi connectivity index (χ4n) is 1.27. The number of aromatic nitrogens is 1. The van der Waals surface area contributed by atoms with Crippen molar-refractivity contribution in [2.24, 2.45) is 0 Å². The van der Waals surface area contributed by atoms with Gasteiger partial charge in [0.05, 0.1) is 11.3 Å².